The van der Waals surface area contributed by atoms with Crippen LogP contribution in [0.1, 0.15) is 24.2 Å². The second kappa shape index (κ2) is 5.36. The Morgan fingerprint density at radius 3 is 3.15 bits per heavy atom. The van der Waals surface area contributed by atoms with Gasteiger partial charge in [0.15, 0.2) is 0 Å². The molecule has 108 valence electrons. The molecule has 20 heavy (non-hydrogen) atoms. The van der Waals surface area contributed by atoms with E-state index in [0.717, 1.165) is 19.6 Å². The summed E-state index contributed by atoms with van der Waals surface area (Å²) in [5.41, 5.74) is 0.716. The van der Waals surface area contributed by atoms with E-state index < -0.39 is 0 Å². The number of aryl methyl sites for hydroxylation is 1. The molecule has 2 heterocycles. The molecule has 2 fully saturated rings. The fraction of sp³-hybridized carbons (Fsp3) is 0.643. The standard InChI is InChI=1S/C14H18N2O4/c1-8-2-13(17)12(16-15-8)7-20-14(18)4-9-3-10-5-19-6-11(9)10/h2,9-11H,3-7H2,1H3,(H,15,17)/t9?,10-,11-/m1/s1. The molecule has 1 saturated carbocycles. The predicted molar refractivity (Wildman–Crippen MR) is 69.9 cm³/mol. The van der Waals surface area contributed by atoms with Crippen molar-refractivity contribution < 1.29 is 14.3 Å². The first-order valence-corrected chi connectivity index (χ1v) is 6.92. The van der Waals surface area contributed by atoms with Crippen LogP contribution in [0.3, 0.4) is 0 Å². The average Bonchev–Trinajstić information content (AvgIpc) is 2.76. The van der Waals surface area contributed by atoms with Crippen LogP contribution in [0.15, 0.2) is 10.9 Å². The number of carbonyl (C=O) groups excluding carboxylic acids is 1. The molecule has 1 aliphatic heterocycles. The van der Waals surface area contributed by atoms with Crippen LogP contribution >= 0.6 is 0 Å². The summed E-state index contributed by atoms with van der Waals surface area (Å²) in [6, 6.07) is 1.45. The molecule has 3 rings (SSSR count). The SMILES string of the molecule is Cc1cc(=O)c(COC(=O)CC2C[C@@H]3COC[C@H]23)n[nH]1. The summed E-state index contributed by atoms with van der Waals surface area (Å²) in [6.07, 6.45) is 1.46. The number of hydrogen-bond donors (Lipinski definition) is 1. The number of esters is 1. The van der Waals surface area contributed by atoms with Gasteiger partial charge in [-0.1, -0.05) is 0 Å². The molecule has 0 aromatic carbocycles. The molecule has 1 N–H and O–H groups in total. The third kappa shape index (κ3) is 2.60. The van der Waals surface area contributed by atoms with Crippen LogP contribution in [0.4, 0.5) is 0 Å². The van der Waals surface area contributed by atoms with Gasteiger partial charge in [-0.15, -0.1) is 0 Å². The first-order valence-electron chi connectivity index (χ1n) is 6.92. The van der Waals surface area contributed by atoms with Crippen LogP contribution in [0.25, 0.3) is 0 Å². The van der Waals surface area contributed by atoms with Crippen molar-refractivity contribution in [1.29, 1.82) is 0 Å². The first-order chi connectivity index (χ1) is 9.63. The minimum absolute atomic E-state index is 0.0637. The first kappa shape index (κ1) is 13.3. The Hall–Kier alpha value is -1.69. The molecule has 1 aromatic rings. The number of nitrogens with zero attached hydrogens (tertiary/aromatic N) is 1. The maximum absolute atomic E-state index is 11.8. The van der Waals surface area contributed by atoms with Gasteiger partial charge in [-0.05, 0) is 31.1 Å². The number of hydrogen-bond acceptors (Lipinski definition) is 5. The van der Waals surface area contributed by atoms with E-state index in [1.54, 1.807) is 6.92 Å². The molecule has 1 aromatic heterocycles. The van der Waals surface area contributed by atoms with E-state index in [2.05, 4.69) is 10.2 Å². The van der Waals surface area contributed by atoms with E-state index in [1.807, 2.05) is 0 Å². The van der Waals surface area contributed by atoms with Gasteiger partial charge >= 0.3 is 5.97 Å². The molecule has 6 heteroatoms. The zero-order valence-electron chi connectivity index (χ0n) is 11.4. The third-order valence-corrected chi connectivity index (χ3v) is 4.26. The summed E-state index contributed by atoms with van der Waals surface area (Å²) >= 11 is 0. The summed E-state index contributed by atoms with van der Waals surface area (Å²) in [6.45, 7) is 3.29. The highest BCUT2D eigenvalue weighted by Crippen LogP contribution is 2.46. The number of carbonyl (C=O) groups is 1. The minimum Gasteiger partial charge on any atom is -0.459 e. The van der Waals surface area contributed by atoms with Crippen molar-refractivity contribution in [3.63, 3.8) is 0 Å². The van der Waals surface area contributed by atoms with Gasteiger partial charge < -0.3 is 9.47 Å². The van der Waals surface area contributed by atoms with Gasteiger partial charge in [0.2, 0.25) is 5.43 Å². The van der Waals surface area contributed by atoms with Crippen LogP contribution in [-0.2, 0) is 20.9 Å². The zero-order chi connectivity index (χ0) is 14.1. The lowest BCUT2D eigenvalue weighted by atomic mass is 9.65. The summed E-state index contributed by atoms with van der Waals surface area (Å²) in [5, 5.41) is 6.58. The maximum atomic E-state index is 11.8. The Bertz CT molecular complexity index is 569. The molecule has 1 aliphatic carbocycles. The van der Waals surface area contributed by atoms with Gasteiger partial charge in [-0.2, -0.15) is 5.10 Å². The number of aromatic amines is 1. The second-order valence-corrected chi connectivity index (χ2v) is 5.68. The summed E-state index contributed by atoms with van der Waals surface area (Å²) in [4.78, 5) is 23.4. The van der Waals surface area contributed by atoms with Crippen LogP contribution in [0, 0.1) is 24.7 Å². The van der Waals surface area contributed by atoms with Crippen LogP contribution < -0.4 is 5.43 Å². The third-order valence-electron chi connectivity index (χ3n) is 4.26. The van der Waals surface area contributed by atoms with E-state index in [1.165, 1.54) is 6.07 Å². The van der Waals surface area contributed by atoms with Crippen LogP contribution in [0.5, 0.6) is 0 Å². The van der Waals surface area contributed by atoms with Crippen molar-refractivity contribution in [3.05, 3.63) is 27.7 Å². The van der Waals surface area contributed by atoms with Gasteiger partial charge in [-0.25, -0.2) is 0 Å². The van der Waals surface area contributed by atoms with E-state index >= 15 is 0 Å². The molecular weight excluding hydrogens is 260 g/mol. The minimum atomic E-state index is -0.262. The molecule has 2 aliphatic rings. The van der Waals surface area contributed by atoms with Crippen molar-refractivity contribution in [3.8, 4) is 0 Å². The van der Waals surface area contributed by atoms with E-state index in [-0.39, 0.29) is 23.7 Å². The Morgan fingerprint density at radius 1 is 1.55 bits per heavy atom. The zero-order valence-corrected chi connectivity index (χ0v) is 11.4. The molecule has 3 atom stereocenters. The normalized spacial score (nSPS) is 27.8. The molecule has 0 bridgehead atoms. The Labute approximate surface area is 116 Å². The van der Waals surface area contributed by atoms with Crippen molar-refractivity contribution >= 4 is 5.97 Å². The highest BCUT2D eigenvalue weighted by Gasteiger charge is 2.45. The van der Waals surface area contributed by atoms with Crippen molar-refractivity contribution in [2.75, 3.05) is 13.2 Å². The molecule has 0 spiro atoms. The van der Waals surface area contributed by atoms with Crippen LogP contribution in [-0.4, -0.2) is 29.4 Å². The number of aromatic nitrogens is 2. The van der Waals surface area contributed by atoms with Gasteiger partial charge in [-0.3, -0.25) is 14.7 Å². The summed E-state index contributed by atoms with van der Waals surface area (Å²) < 4.78 is 10.5. The highest BCUT2D eigenvalue weighted by molar-refractivity contribution is 5.69. The smallest absolute Gasteiger partial charge is 0.306 e. The predicted octanol–water partition coefficient (Wildman–Crippen LogP) is 0.794. The van der Waals surface area contributed by atoms with Gasteiger partial charge in [0.1, 0.15) is 12.3 Å². The Morgan fingerprint density at radius 2 is 2.40 bits per heavy atom. The second-order valence-electron chi connectivity index (χ2n) is 5.68. The van der Waals surface area contributed by atoms with Gasteiger partial charge in [0.25, 0.3) is 0 Å². The van der Waals surface area contributed by atoms with Crippen molar-refractivity contribution in [2.45, 2.75) is 26.4 Å². The number of ether oxygens (including phenoxy) is 2. The molecule has 1 saturated heterocycles. The van der Waals surface area contributed by atoms with Gasteiger partial charge in [0.05, 0.1) is 6.61 Å². The molecule has 0 radical (unpaired) electrons. The number of nitrogens with one attached hydrogen (secondary N) is 1. The number of H-pyrrole nitrogens is 1. The fourth-order valence-corrected chi connectivity index (χ4v) is 3.03. The van der Waals surface area contributed by atoms with E-state index in [9.17, 15) is 9.59 Å². The lowest BCUT2D eigenvalue weighted by Gasteiger charge is -2.38. The Balaban J connectivity index is 1.48. The lowest BCUT2D eigenvalue weighted by molar-refractivity contribution is -0.148. The Kier molecular flexibility index (Phi) is 3.56. The maximum Gasteiger partial charge on any atom is 0.306 e. The highest BCUT2D eigenvalue weighted by atomic mass is 16.5. The summed E-state index contributed by atoms with van der Waals surface area (Å²) in [5.74, 6) is 1.26. The lowest BCUT2D eigenvalue weighted by Crippen LogP contribution is -2.37. The largest absolute Gasteiger partial charge is 0.459 e. The molecule has 0 amide bonds. The van der Waals surface area contributed by atoms with Crippen molar-refractivity contribution in [1.82, 2.24) is 10.2 Å². The summed E-state index contributed by atoms with van der Waals surface area (Å²) in [7, 11) is 0. The van der Waals surface area contributed by atoms with E-state index in [4.69, 9.17) is 9.47 Å². The molecular formula is C14H18N2O4. The molecule has 1 unspecified atom stereocenters. The average molecular weight is 278 g/mol. The van der Waals surface area contributed by atoms with Gasteiger partial charge in [0, 0.05) is 24.8 Å². The number of fused-ring (bicyclic) bond motifs is 1. The fourth-order valence-electron chi connectivity index (χ4n) is 3.03. The topological polar surface area (TPSA) is 81.3 Å². The molecule has 6 nitrogen and oxygen atoms in total. The number of rotatable bonds is 4. The van der Waals surface area contributed by atoms with Crippen molar-refractivity contribution in [2.24, 2.45) is 17.8 Å². The monoisotopic (exact) mass is 278 g/mol. The quantitative estimate of drug-likeness (QED) is 0.824. The van der Waals surface area contributed by atoms with Crippen LogP contribution in [0.2, 0.25) is 0 Å². The van der Waals surface area contributed by atoms with E-state index in [0.29, 0.717) is 29.9 Å².